The van der Waals surface area contributed by atoms with Crippen molar-refractivity contribution in [3.63, 3.8) is 0 Å². The van der Waals surface area contributed by atoms with Crippen LogP contribution in [0.5, 0.6) is 0 Å². The number of rotatable bonds is 5. The Kier molecular flexibility index (Phi) is 4.30. The molecule has 5 heteroatoms. The van der Waals surface area contributed by atoms with Gasteiger partial charge in [-0.2, -0.15) is 4.98 Å². The third kappa shape index (κ3) is 3.71. The number of ether oxygens (including phenoxy) is 1. The number of aromatic nitrogens is 2. The molecular formula is C10H18N4O. The molecule has 1 rings (SSSR count). The van der Waals surface area contributed by atoms with Gasteiger partial charge in [0.15, 0.2) is 0 Å². The molecule has 0 aromatic carbocycles. The van der Waals surface area contributed by atoms with E-state index in [1.807, 2.05) is 19.9 Å². The van der Waals surface area contributed by atoms with Gasteiger partial charge in [-0.3, -0.25) is 0 Å². The van der Waals surface area contributed by atoms with E-state index < -0.39 is 0 Å². The fourth-order valence-corrected chi connectivity index (χ4v) is 1.10. The summed E-state index contributed by atoms with van der Waals surface area (Å²) in [4.78, 5) is 8.48. The lowest BCUT2D eigenvalue weighted by Crippen LogP contribution is -2.19. The molecule has 0 saturated carbocycles. The maximum absolute atomic E-state index is 5.14. The predicted octanol–water partition coefficient (Wildman–Crippen LogP) is 1.27. The Balaban J connectivity index is 2.64. The Labute approximate surface area is 90.3 Å². The lowest BCUT2D eigenvalue weighted by molar-refractivity contribution is 0.128. The monoisotopic (exact) mass is 210 g/mol. The van der Waals surface area contributed by atoms with Gasteiger partial charge in [0.2, 0.25) is 5.95 Å². The zero-order chi connectivity index (χ0) is 11.3. The maximum Gasteiger partial charge on any atom is 0.224 e. The summed E-state index contributed by atoms with van der Waals surface area (Å²) in [5, 5.41) is 6.11. The van der Waals surface area contributed by atoms with Crippen LogP contribution in [0.1, 0.15) is 12.6 Å². The van der Waals surface area contributed by atoms with Gasteiger partial charge in [-0.1, -0.05) is 0 Å². The Morgan fingerprint density at radius 3 is 2.80 bits per heavy atom. The molecule has 84 valence electrons. The van der Waals surface area contributed by atoms with Crippen LogP contribution in [0, 0.1) is 6.92 Å². The quantitative estimate of drug-likeness (QED) is 0.766. The molecule has 0 amide bonds. The minimum atomic E-state index is 0.165. The van der Waals surface area contributed by atoms with E-state index in [2.05, 4.69) is 20.6 Å². The number of nitrogens with one attached hydrogen (secondary N) is 2. The van der Waals surface area contributed by atoms with E-state index in [-0.39, 0.29) is 6.10 Å². The minimum absolute atomic E-state index is 0.165. The molecule has 0 aliphatic rings. The highest BCUT2D eigenvalue weighted by Gasteiger charge is 2.02. The van der Waals surface area contributed by atoms with Crippen molar-refractivity contribution in [3.8, 4) is 0 Å². The minimum Gasteiger partial charge on any atom is -0.380 e. The summed E-state index contributed by atoms with van der Waals surface area (Å²) < 4.78 is 5.14. The predicted molar refractivity (Wildman–Crippen MR) is 61.3 cm³/mol. The molecule has 0 aliphatic carbocycles. The van der Waals surface area contributed by atoms with Gasteiger partial charge in [0.05, 0.1) is 6.10 Å². The normalized spacial score (nSPS) is 12.3. The van der Waals surface area contributed by atoms with Gasteiger partial charge in [-0.25, -0.2) is 4.98 Å². The van der Waals surface area contributed by atoms with Crippen LogP contribution in [-0.2, 0) is 4.74 Å². The average molecular weight is 210 g/mol. The first-order valence-electron chi connectivity index (χ1n) is 4.95. The highest BCUT2D eigenvalue weighted by atomic mass is 16.5. The van der Waals surface area contributed by atoms with Crippen molar-refractivity contribution >= 4 is 11.8 Å². The standard InChI is InChI=1S/C10H18N4O/c1-7-5-9(12-6-8(2)15-4)14-10(11-3)13-7/h5,8H,6H2,1-4H3,(H2,11,12,13,14). The molecule has 0 bridgehead atoms. The molecule has 0 saturated heterocycles. The van der Waals surface area contributed by atoms with Crippen LogP contribution in [0.4, 0.5) is 11.8 Å². The second-order valence-electron chi connectivity index (χ2n) is 3.40. The topological polar surface area (TPSA) is 59.1 Å². The Hall–Kier alpha value is -1.36. The highest BCUT2D eigenvalue weighted by Crippen LogP contribution is 2.08. The zero-order valence-corrected chi connectivity index (χ0v) is 9.66. The molecule has 0 spiro atoms. The van der Waals surface area contributed by atoms with Crippen molar-refractivity contribution < 1.29 is 4.74 Å². The molecule has 1 heterocycles. The van der Waals surface area contributed by atoms with Crippen LogP contribution in [0.25, 0.3) is 0 Å². The summed E-state index contributed by atoms with van der Waals surface area (Å²) in [6.07, 6.45) is 0.165. The summed E-state index contributed by atoms with van der Waals surface area (Å²) in [6.45, 7) is 4.67. The number of hydrogen-bond donors (Lipinski definition) is 2. The number of methoxy groups -OCH3 is 1. The number of anilines is 2. The molecule has 2 N–H and O–H groups in total. The van der Waals surface area contributed by atoms with Gasteiger partial charge in [-0.15, -0.1) is 0 Å². The van der Waals surface area contributed by atoms with Crippen molar-refractivity contribution in [1.29, 1.82) is 0 Å². The maximum atomic E-state index is 5.14. The van der Waals surface area contributed by atoms with E-state index in [4.69, 9.17) is 4.74 Å². The van der Waals surface area contributed by atoms with E-state index in [1.54, 1.807) is 14.2 Å². The molecule has 1 atom stereocenters. The second kappa shape index (κ2) is 5.50. The zero-order valence-electron chi connectivity index (χ0n) is 9.66. The smallest absolute Gasteiger partial charge is 0.224 e. The van der Waals surface area contributed by atoms with Gasteiger partial charge < -0.3 is 15.4 Å². The van der Waals surface area contributed by atoms with Crippen molar-refractivity contribution in [3.05, 3.63) is 11.8 Å². The van der Waals surface area contributed by atoms with Gasteiger partial charge in [0.25, 0.3) is 0 Å². The number of hydrogen-bond acceptors (Lipinski definition) is 5. The first-order chi connectivity index (χ1) is 7.15. The van der Waals surface area contributed by atoms with Crippen molar-refractivity contribution in [2.45, 2.75) is 20.0 Å². The Morgan fingerprint density at radius 1 is 1.47 bits per heavy atom. The molecule has 0 fully saturated rings. The summed E-state index contributed by atoms with van der Waals surface area (Å²) in [6, 6.07) is 1.91. The summed E-state index contributed by atoms with van der Waals surface area (Å²) >= 11 is 0. The van der Waals surface area contributed by atoms with Crippen molar-refractivity contribution in [2.24, 2.45) is 0 Å². The van der Waals surface area contributed by atoms with Gasteiger partial charge in [0.1, 0.15) is 5.82 Å². The SMILES string of the molecule is CNc1nc(C)cc(NCC(C)OC)n1. The molecule has 5 nitrogen and oxygen atoms in total. The molecule has 15 heavy (non-hydrogen) atoms. The highest BCUT2D eigenvalue weighted by molar-refractivity contribution is 5.41. The van der Waals surface area contributed by atoms with Crippen molar-refractivity contribution in [1.82, 2.24) is 9.97 Å². The van der Waals surface area contributed by atoms with Gasteiger partial charge in [-0.05, 0) is 13.8 Å². The average Bonchev–Trinajstić information content (AvgIpc) is 2.25. The summed E-state index contributed by atoms with van der Waals surface area (Å²) in [5.41, 5.74) is 0.932. The molecule has 0 radical (unpaired) electrons. The number of nitrogens with zero attached hydrogens (tertiary/aromatic N) is 2. The van der Waals surface area contributed by atoms with Crippen molar-refractivity contribution in [2.75, 3.05) is 31.3 Å². The van der Waals surface area contributed by atoms with Crippen LogP contribution >= 0.6 is 0 Å². The van der Waals surface area contributed by atoms with E-state index in [0.717, 1.165) is 18.1 Å². The fourth-order valence-electron chi connectivity index (χ4n) is 1.10. The first-order valence-corrected chi connectivity index (χ1v) is 4.95. The second-order valence-corrected chi connectivity index (χ2v) is 3.40. The van der Waals surface area contributed by atoms with E-state index >= 15 is 0 Å². The molecular weight excluding hydrogens is 192 g/mol. The van der Waals surface area contributed by atoms with Gasteiger partial charge >= 0.3 is 0 Å². The summed E-state index contributed by atoms with van der Waals surface area (Å²) in [5.74, 6) is 1.44. The van der Waals surface area contributed by atoms with E-state index in [0.29, 0.717) is 5.95 Å². The lowest BCUT2D eigenvalue weighted by atomic mass is 10.4. The van der Waals surface area contributed by atoms with Crippen LogP contribution in [-0.4, -0.2) is 36.8 Å². The summed E-state index contributed by atoms with van der Waals surface area (Å²) in [7, 11) is 3.49. The van der Waals surface area contributed by atoms with Gasteiger partial charge in [0, 0.05) is 32.5 Å². The largest absolute Gasteiger partial charge is 0.380 e. The molecule has 0 aliphatic heterocycles. The molecule has 1 aromatic rings. The fraction of sp³-hybridized carbons (Fsp3) is 0.600. The van der Waals surface area contributed by atoms with E-state index in [9.17, 15) is 0 Å². The Bertz CT molecular complexity index is 316. The molecule has 1 aromatic heterocycles. The Morgan fingerprint density at radius 2 is 2.20 bits per heavy atom. The molecule has 1 unspecified atom stereocenters. The first kappa shape index (κ1) is 11.7. The lowest BCUT2D eigenvalue weighted by Gasteiger charge is -2.12. The van der Waals surface area contributed by atoms with Crippen LogP contribution in [0.15, 0.2) is 6.07 Å². The van der Waals surface area contributed by atoms with Crippen LogP contribution in [0.3, 0.4) is 0 Å². The third-order valence-corrected chi connectivity index (χ3v) is 2.05. The third-order valence-electron chi connectivity index (χ3n) is 2.05. The van der Waals surface area contributed by atoms with Crippen LogP contribution in [0.2, 0.25) is 0 Å². The number of aryl methyl sites for hydroxylation is 1. The van der Waals surface area contributed by atoms with Crippen LogP contribution < -0.4 is 10.6 Å². The van der Waals surface area contributed by atoms with E-state index in [1.165, 1.54) is 0 Å².